The highest BCUT2D eigenvalue weighted by Gasteiger charge is 2.36. The van der Waals surface area contributed by atoms with Gasteiger partial charge in [-0.05, 0) is 26.2 Å². The van der Waals surface area contributed by atoms with Crippen molar-refractivity contribution in [2.75, 3.05) is 7.05 Å². The van der Waals surface area contributed by atoms with Crippen molar-refractivity contribution in [1.82, 2.24) is 4.90 Å². The largest absolute Gasteiger partial charge is 0.341 e. The molecular weight excluding hydrogens is 126 g/mol. The predicted molar refractivity (Wildman–Crippen MR) is 40.7 cm³/mol. The van der Waals surface area contributed by atoms with Gasteiger partial charge < -0.3 is 4.90 Å². The second-order valence-electron chi connectivity index (χ2n) is 3.43. The second-order valence-corrected chi connectivity index (χ2v) is 3.43. The minimum absolute atomic E-state index is 0.183. The van der Waals surface area contributed by atoms with E-state index in [1.165, 1.54) is 19.3 Å². The van der Waals surface area contributed by atoms with Crippen LogP contribution >= 0.6 is 0 Å². The minimum atomic E-state index is 0.183. The van der Waals surface area contributed by atoms with E-state index in [0.29, 0.717) is 0 Å². The van der Waals surface area contributed by atoms with E-state index in [1.807, 2.05) is 11.9 Å². The molecule has 1 amide bonds. The van der Waals surface area contributed by atoms with E-state index in [1.54, 1.807) is 6.92 Å². The standard InChI is InChI=1S/C8H15NO/c1-7(10)9(3)8(2)5-4-6-8/h4-6H2,1-3H3. The molecule has 1 rings (SSSR count). The second kappa shape index (κ2) is 2.26. The molecule has 0 heterocycles. The molecule has 1 saturated carbocycles. The lowest BCUT2D eigenvalue weighted by Gasteiger charge is -2.45. The Labute approximate surface area is 62.2 Å². The number of hydrogen-bond acceptors (Lipinski definition) is 1. The summed E-state index contributed by atoms with van der Waals surface area (Å²) in [6.45, 7) is 3.78. The first kappa shape index (κ1) is 7.58. The first-order valence-corrected chi connectivity index (χ1v) is 3.81. The van der Waals surface area contributed by atoms with Gasteiger partial charge in [0, 0.05) is 19.5 Å². The fraction of sp³-hybridized carbons (Fsp3) is 0.875. The molecule has 10 heavy (non-hydrogen) atoms. The van der Waals surface area contributed by atoms with E-state index in [-0.39, 0.29) is 11.4 Å². The quantitative estimate of drug-likeness (QED) is 0.540. The van der Waals surface area contributed by atoms with Crippen molar-refractivity contribution in [2.24, 2.45) is 0 Å². The van der Waals surface area contributed by atoms with Crippen LogP contribution in [0.4, 0.5) is 0 Å². The molecule has 2 heteroatoms. The molecule has 1 fully saturated rings. The molecule has 1 aliphatic carbocycles. The predicted octanol–water partition coefficient (Wildman–Crippen LogP) is 1.41. The molecule has 58 valence electrons. The lowest BCUT2D eigenvalue weighted by Crippen LogP contribution is -2.51. The molecule has 2 nitrogen and oxygen atoms in total. The third-order valence-corrected chi connectivity index (χ3v) is 2.71. The molecule has 0 saturated heterocycles. The Kier molecular flexibility index (Phi) is 1.71. The number of hydrogen-bond donors (Lipinski definition) is 0. The van der Waals surface area contributed by atoms with Crippen LogP contribution in [-0.4, -0.2) is 23.4 Å². The minimum Gasteiger partial charge on any atom is -0.341 e. The van der Waals surface area contributed by atoms with Gasteiger partial charge in [0.05, 0.1) is 0 Å². The number of rotatable bonds is 1. The molecule has 0 spiro atoms. The van der Waals surface area contributed by atoms with Gasteiger partial charge in [-0.15, -0.1) is 0 Å². The summed E-state index contributed by atoms with van der Waals surface area (Å²) in [5.74, 6) is 0.183. The molecule has 0 bridgehead atoms. The maximum atomic E-state index is 10.9. The smallest absolute Gasteiger partial charge is 0.219 e. The van der Waals surface area contributed by atoms with Crippen molar-refractivity contribution in [3.63, 3.8) is 0 Å². The van der Waals surface area contributed by atoms with E-state index in [4.69, 9.17) is 0 Å². The van der Waals surface area contributed by atoms with Gasteiger partial charge in [-0.1, -0.05) is 0 Å². The van der Waals surface area contributed by atoms with Gasteiger partial charge in [0.25, 0.3) is 0 Å². The maximum Gasteiger partial charge on any atom is 0.219 e. The highest BCUT2D eigenvalue weighted by atomic mass is 16.2. The zero-order chi connectivity index (χ0) is 7.78. The molecule has 0 aromatic carbocycles. The number of carbonyl (C=O) groups excluding carboxylic acids is 1. The Bertz CT molecular complexity index is 149. The van der Waals surface area contributed by atoms with Gasteiger partial charge in [-0.2, -0.15) is 0 Å². The van der Waals surface area contributed by atoms with Crippen LogP contribution in [0.3, 0.4) is 0 Å². The van der Waals surface area contributed by atoms with Crippen LogP contribution in [0, 0.1) is 0 Å². The molecule has 0 radical (unpaired) electrons. The third-order valence-electron chi connectivity index (χ3n) is 2.71. The van der Waals surface area contributed by atoms with E-state index < -0.39 is 0 Å². The van der Waals surface area contributed by atoms with Crippen LogP contribution in [0.15, 0.2) is 0 Å². The fourth-order valence-corrected chi connectivity index (χ4v) is 1.40. The maximum absolute atomic E-state index is 10.9. The van der Waals surface area contributed by atoms with Crippen molar-refractivity contribution in [3.05, 3.63) is 0 Å². The molecule has 1 aliphatic rings. The number of carbonyl (C=O) groups is 1. The van der Waals surface area contributed by atoms with Crippen LogP contribution in [-0.2, 0) is 4.79 Å². The van der Waals surface area contributed by atoms with Crippen LogP contribution in [0.25, 0.3) is 0 Å². The number of amides is 1. The monoisotopic (exact) mass is 141 g/mol. The van der Waals surface area contributed by atoms with E-state index in [2.05, 4.69) is 6.92 Å². The molecule has 0 aromatic rings. The van der Waals surface area contributed by atoms with Crippen LogP contribution in [0.1, 0.15) is 33.1 Å². The van der Waals surface area contributed by atoms with Gasteiger partial charge in [-0.3, -0.25) is 4.79 Å². The Hall–Kier alpha value is -0.530. The van der Waals surface area contributed by atoms with Gasteiger partial charge in [0.2, 0.25) is 5.91 Å². The molecule has 0 N–H and O–H groups in total. The molecule has 0 aromatic heterocycles. The van der Waals surface area contributed by atoms with E-state index >= 15 is 0 Å². The Morgan fingerprint density at radius 2 is 2.00 bits per heavy atom. The number of nitrogens with zero attached hydrogens (tertiary/aromatic N) is 1. The van der Waals surface area contributed by atoms with Gasteiger partial charge >= 0.3 is 0 Å². The highest BCUT2D eigenvalue weighted by molar-refractivity contribution is 5.73. The first-order chi connectivity index (χ1) is 4.56. The summed E-state index contributed by atoms with van der Waals surface area (Å²) in [4.78, 5) is 12.8. The summed E-state index contributed by atoms with van der Waals surface area (Å²) >= 11 is 0. The third kappa shape index (κ3) is 1.02. The van der Waals surface area contributed by atoms with Crippen LogP contribution in [0.2, 0.25) is 0 Å². The Morgan fingerprint density at radius 3 is 2.10 bits per heavy atom. The van der Waals surface area contributed by atoms with Crippen LogP contribution in [0.5, 0.6) is 0 Å². The summed E-state index contributed by atoms with van der Waals surface area (Å²) in [6, 6.07) is 0. The van der Waals surface area contributed by atoms with Crippen molar-refractivity contribution >= 4 is 5.91 Å². The van der Waals surface area contributed by atoms with E-state index in [0.717, 1.165) is 0 Å². The lowest BCUT2D eigenvalue weighted by atomic mass is 9.77. The average Bonchev–Trinajstić information content (AvgIpc) is 1.81. The van der Waals surface area contributed by atoms with E-state index in [9.17, 15) is 4.79 Å². The van der Waals surface area contributed by atoms with Gasteiger partial charge in [0.1, 0.15) is 0 Å². The van der Waals surface area contributed by atoms with Gasteiger partial charge in [0.15, 0.2) is 0 Å². The van der Waals surface area contributed by atoms with Crippen LogP contribution < -0.4 is 0 Å². The molecular formula is C8H15NO. The zero-order valence-electron chi connectivity index (χ0n) is 6.98. The normalized spacial score (nSPS) is 21.5. The molecule has 0 unspecified atom stereocenters. The summed E-state index contributed by atoms with van der Waals surface area (Å²) in [5, 5.41) is 0. The van der Waals surface area contributed by atoms with Crippen molar-refractivity contribution in [3.8, 4) is 0 Å². The summed E-state index contributed by atoms with van der Waals surface area (Å²) in [7, 11) is 1.89. The van der Waals surface area contributed by atoms with Crippen molar-refractivity contribution < 1.29 is 4.79 Å². The SMILES string of the molecule is CC(=O)N(C)C1(C)CCC1. The summed E-state index contributed by atoms with van der Waals surface area (Å²) < 4.78 is 0. The topological polar surface area (TPSA) is 20.3 Å². The molecule has 0 aliphatic heterocycles. The first-order valence-electron chi connectivity index (χ1n) is 3.81. The van der Waals surface area contributed by atoms with Crippen molar-refractivity contribution in [1.29, 1.82) is 0 Å². The fourth-order valence-electron chi connectivity index (χ4n) is 1.40. The van der Waals surface area contributed by atoms with Crippen molar-refractivity contribution in [2.45, 2.75) is 38.6 Å². The highest BCUT2D eigenvalue weighted by Crippen LogP contribution is 2.35. The van der Waals surface area contributed by atoms with Gasteiger partial charge in [-0.25, -0.2) is 0 Å². The average molecular weight is 141 g/mol. The Balaban J connectivity index is 2.54. The molecule has 0 atom stereocenters. The lowest BCUT2D eigenvalue weighted by molar-refractivity contribution is -0.135. The summed E-state index contributed by atoms with van der Waals surface area (Å²) in [5.41, 5.74) is 0.186. The zero-order valence-corrected chi connectivity index (χ0v) is 6.98. The summed E-state index contributed by atoms with van der Waals surface area (Å²) in [6.07, 6.45) is 3.61. The Morgan fingerprint density at radius 1 is 1.50 bits per heavy atom.